The van der Waals surface area contributed by atoms with Crippen molar-refractivity contribution in [2.24, 2.45) is 0 Å². The highest BCUT2D eigenvalue weighted by atomic mass is 79.9. The Balaban J connectivity index is 2.76. The number of hydrogen-bond donors (Lipinski definition) is 0. The van der Waals surface area contributed by atoms with Gasteiger partial charge in [0.15, 0.2) is 0 Å². The van der Waals surface area contributed by atoms with Crippen LogP contribution in [0.2, 0.25) is 5.02 Å². The molecule has 0 aliphatic carbocycles. The Bertz CT molecular complexity index is 366. The van der Waals surface area contributed by atoms with Crippen molar-refractivity contribution < 1.29 is 9.53 Å². The number of benzene rings is 1. The molecule has 82 valence electrons. The number of rotatable bonds is 3. The molecule has 0 saturated heterocycles. The summed E-state index contributed by atoms with van der Waals surface area (Å²) in [5, 5.41) is 0.684. The Morgan fingerprint density at radius 1 is 1.60 bits per heavy atom. The van der Waals surface area contributed by atoms with E-state index in [1.165, 1.54) is 7.11 Å². The maximum atomic E-state index is 11.2. The molecule has 0 spiro atoms. The summed E-state index contributed by atoms with van der Waals surface area (Å²) >= 11 is 9.31. The molecule has 4 heteroatoms. The number of carbonyl (C=O) groups excluding carboxylic acids is 1. The third-order valence-electron chi connectivity index (χ3n) is 2.06. The van der Waals surface area contributed by atoms with Crippen LogP contribution in [0.15, 0.2) is 18.2 Å². The molecule has 0 aliphatic heterocycles. The summed E-state index contributed by atoms with van der Waals surface area (Å²) in [4.78, 5) is 10.8. The van der Waals surface area contributed by atoms with Gasteiger partial charge < -0.3 is 4.74 Å². The Labute approximate surface area is 103 Å². The van der Waals surface area contributed by atoms with E-state index in [0.717, 1.165) is 11.1 Å². The van der Waals surface area contributed by atoms with Gasteiger partial charge in [0, 0.05) is 5.02 Å². The van der Waals surface area contributed by atoms with Crippen molar-refractivity contribution in [2.75, 3.05) is 7.11 Å². The zero-order chi connectivity index (χ0) is 11.4. The molecule has 1 rings (SSSR count). The van der Waals surface area contributed by atoms with Gasteiger partial charge in [-0.15, -0.1) is 0 Å². The standard InChI is InChI=1S/C11H12BrClO2/c1-7-3-4-8(10(13)5-7)6-9(12)11(14)15-2/h3-5,9H,6H2,1-2H3. The van der Waals surface area contributed by atoms with Gasteiger partial charge in [-0.25, -0.2) is 0 Å². The van der Waals surface area contributed by atoms with Crippen LogP contribution in [0.5, 0.6) is 0 Å². The molecule has 0 saturated carbocycles. The molecule has 1 aromatic rings. The van der Waals surface area contributed by atoms with Crippen LogP contribution in [-0.4, -0.2) is 17.9 Å². The van der Waals surface area contributed by atoms with Gasteiger partial charge in [-0.1, -0.05) is 39.7 Å². The van der Waals surface area contributed by atoms with E-state index in [4.69, 9.17) is 11.6 Å². The summed E-state index contributed by atoms with van der Waals surface area (Å²) in [6.45, 7) is 1.97. The van der Waals surface area contributed by atoms with Crippen LogP contribution in [0, 0.1) is 6.92 Å². The molecule has 2 nitrogen and oxygen atoms in total. The molecule has 0 amide bonds. The first-order valence-electron chi connectivity index (χ1n) is 4.51. The van der Waals surface area contributed by atoms with Gasteiger partial charge in [-0.05, 0) is 30.5 Å². The minimum Gasteiger partial charge on any atom is -0.468 e. The summed E-state index contributed by atoms with van der Waals surface area (Å²) in [5.41, 5.74) is 2.04. The first kappa shape index (κ1) is 12.5. The lowest BCUT2D eigenvalue weighted by Gasteiger charge is -2.09. The minimum atomic E-state index is -0.345. The summed E-state index contributed by atoms with van der Waals surface area (Å²) in [7, 11) is 1.37. The van der Waals surface area contributed by atoms with E-state index in [9.17, 15) is 4.79 Å². The molecular formula is C11H12BrClO2. The average Bonchev–Trinajstić information content (AvgIpc) is 2.20. The fourth-order valence-electron chi connectivity index (χ4n) is 1.22. The maximum Gasteiger partial charge on any atom is 0.319 e. The van der Waals surface area contributed by atoms with Crippen LogP contribution in [-0.2, 0) is 16.0 Å². The molecule has 0 fully saturated rings. The third kappa shape index (κ3) is 3.50. The zero-order valence-electron chi connectivity index (χ0n) is 8.59. The lowest BCUT2D eigenvalue weighted by Crippen LogP contribution is -2.18. The second-order valence-corrected chi connectivity index (χ2v) is 4.80. The highest BCUT2D eigenvalue weighted by Crippen LogP contribution is 2.21. The third-order valence-corrected chi connectivity index (χ3v) is 3.11. The van der Waals surface area contributed by atoms with Gasteiger partial charge in [0.1, 0.15) is 4.83 Å². The largest absolute Gasteiger partial charge is 0.468 e. The quantitative estimate of drug-likeness (QED) is 0.632. The highest BCUT2D eigenvalue weighted by molar-refractivity contribution is 9.10. The van der Waals surface area contributed by atoms with Gasteiger partial charge in [0.25, 0.3) is 0 Å². The second kappa shape index (κ2) is 5.52. The fourth-order valence-corrected chi connectivity index (χ4v) is 2.07. The van der Waals surface area contributed by atoms with Crippen LogP contribution in [0.25, 0.3) is 0 Å². The van der Waals surface area contributed by atoms with E-state index in [1.807, 2.05) is 25.1 Å². The van der Waals surface area contributed by atoms with Crippen LogP contribution < -0.4 is 0 Å². The van der Waals surface area contributed by atoms with E-state index in [-0.39, 0.29) is 10.8 Å². The Kier molecular flexibility index (Phi) is 4.61. The maximum absolute atomic E-state index is 11.2. The predicted octanol–water partition coefficient (Wildman–Crippen LogP) is 3.13. The zero-order valence-corrected chi connectivity index (χ0v) is 10.9. The molecule has 0 bridgehead atoms. The molecular weight excluding hydrogens is 279 g/mol. The lowest BCUT2D eigenvalue weighted by molar-refractivity contribution is -0.139. The van der Waals surface area contributed by atoms with Gasteiger partial charge in [0.2, 0.25) is 0 Å². The number of esters is 1. The molecule has 1 atom stereocenters. The van der Waals surface area contributed by atoms with Crippen molar-refractivity contribution in [3.8, 4) is 0 Å². The number of methoxy groups -OCH3 is 1. The van der Waals surface area contributed by atoms with Gasteiger partial charge >= 0.3 is 5.97 Å². The first-order valence-corrected chi connectivity index (χ1v) is 5.81. The van der Waals surface area contributed by atoms with Crippen LogP contribution in [0.3, 0.4) is 0 Å². The average molecular weight is 292 g/mol. The van der Waals surface area contributed by atoms with Crippen molar-refractivity contribution >= 4 is 33.5 Å². The number of carbonyl (C=O) groups is 1. The van der Waals surface area contributed by atoms with Gasteiger partial charge in [-0.3, -0.25) is 4.79 Å². The SMILES string of the molecule is COC(=O)C(Br)Cc1ccc(C)cc1Cl. The Morgan fingerprint density at radius 2 is 2.27 bits per heavy atom. The first-order chi connectivity index (χ1) is 7.04. The molecule has 0 N–H and O–H groups in total. The smallest absolute Gasteiger partial charge is 0.319 e. The summed E-state index contributed by atoms with van der Waals surface area (Å²) in [6.07, 6.45) is 0.534. The Hall–Kier alpha value is -0.540. The van der Waals surface area contributed by atoms with Crippen molar-refractivity contribution in [3.63, 3.8) is 0 Å². The molecule has 0 radical (unpaired) electrons. The topological polar surface area (TPSA) is 26.3 Å². The lowest BCUT2D eigenvalue weighted by atomic mass is 10.1. The number of halogens is 2. The van der Waals surface area contributed by atoms with Gasteiger partial charge in [0.05, 0.1) is 7.11 Å². The van der Waals surface area contributed by atoms with E-state index in [1.54, 1.807) is 0 Å². The van der Waals surface area contributed by atoms with Crippen molar-refractivity contribution in [3.05, 3.63) is 34.3 Å². The monoisotopic (exact) mass is 290 g/mol. The van der Waals surface area contributed by atoms with E-state index < -0.39 is 0 Å². The second-order valence-electron chi connectivity index (χ2n) is 3.29. The van der Waals surface area contributed by atoms with Crippen molar-refractivity contribution in [1.82, 2.24) is 0 Å². The summed E-state index contributed by atoms with van der Waals surface area (Å²) in [6, 6.07) is 5.78. The normalized spacial score (nSPS) is 12.3. The predicted molar refractivity (Wildman–Crippen MR) is 64.6 cm³/mol. The van der Waals surface area contributed by atoms with Crippen LogP contribution in [0.4, 0.5) is 0 Å². The van der Waals surface area contributed by atoms with Gasteiger partial charge in [-0.2, -0.15) is 0 Å². The van der Waals surface area contributed by atoms with E-state index in [0.29, 0.717) is 11.4 Å². The van der Waals surface area contributed by atoms with Crippen LogP contribution in [0.1, 0.15) is 11.1 Å². The molecule has 0 aliphatic rings. The highest BCUT2D eigenvalue weighted by Gasteiger charge is 2.16. The Morgan fingerprint density at radius 3 is 2.80 bits per heavy atom. The number of alkyl halides is 1. The minimum absolute atomic E-state index is 0.286. The summed E-state index contributed by atoms with van der Waals surface area (Å²) in [5.74, 6) is -0.286. The molecule has 0 heterocycles. The number of ether oxygens (including phenoxy) is 1. The van der Waals surface area contributed by atoms with Crippen molar-refractivity contribution in [2.45, 2.75) is 18.2 Å². The van der Waals surface area contributed by atoms with E-state index >= 15 is 0 Å². The van der Waals surface area contributed by atoms with Crippen molar-refractivity contribution in [1.29, 1.82) is 0 Å². The number of aryl methyl sites for hydroxylation is 1. The molecule has 1 aromatic carbocycles. The molecule has 0 aromatic heterocycles. The van der Waals surface area contributed by atoms with Crippen LogP contribution >= 0.6 is 27.5 Å². The number of hydrogen-bond acceptors (Lipinski definition) is 2. The molecule has 15 heavy (non-hydrogen) atoms. The fraction of sp³-hybridized carbons (Fsp3) is 0.364. The summed E-state index contributed by atoms with van der Waals surface area (Å²) < 4.78 is 4.62. The van der Waals surface area contributed by atoms with E-state index in [2.05, 4.69) is 20.7 Å². The molecule has 1 unspecified atom stereocenters.